The van der Waals surface area contributed by atoms with Gasteiger partial charge in [-0.25, -0.2) is 8.42 Å². The zero-order valence-electron chi connectivity index (χ0n) is 10.4. The molecule has 0 saturated heterocycles. The Morgan fingerprint density at radius 1 is 1.44 bits per heavy atom. The maximum absolute atomic E-state index is 12.3. The highest BCUT2D eigenvalue weighted by Gasteiger charge is 2.22. The van der Waals surface area contributed by atoms with Crippen molar-refractivity contribution in [3.8, 4) is 6.07 Å². The molecule has 0 fully saturated rings. The Labute approximate surface area is 116 Å². The van der Waals surface area contributed by atoms with Crippen LogP contribution in [0.15, 0.2) is 27.6 Å². The molecule has 0 aliphatic carbocycles. The van der Waals surface area contributed by atoms with Gasteiger partial charge in [0.1, 0.15) is 0 Å². The van der Waals surface area contributed by atoms with Crippen molar-refractivity contribution in [1.82, 2.24) is 4.31 Å². The maximum atomic E-state index is 12.3. The summed E-state index contributed by atoms with van der Waals surface area (Å²) in [7, 11) is -3.50. The van der Waals surface area contributed by atoms with Crippen molar-refractivity contribution in [2.24, 2.45) is 0 Å². The molecule has 0 aliphatic heterocycles. The zero-order valence-corrected chi connectivity index (χ0v) is 12.8. The molecule has 0 aliphatic rings. The van der Waals surface area contributed by atoms with Gasteiger partial charge in [-0.3, -0.25) is 0 Å². The van der Waals surface area contributed by atoms with Gasteiger partial charge in [0.2, 0.25) is 10.0 Å². The van der Waals surface area contributed by atoms with Crippen LogP contribution < -0.4 is 0 Å². The molecule has 0 spiro atoms. The molecule has 18 heavy (non-hydrogen) atoms. The minimum absolute atomic E-state index is 0.197. The van der Waals surface area contributed by atoms with Gasteiger partial charge in [-0.1, -0.05) is 22.9 Å². The minimum atomic E-state index is -3.50. The van der Waals surface area contributed by atoms with E-state index in [0.717, 1.165) is 10.0 Å². The number of sulfonamides is 1. The summed E-state index contributed by atoms with van der Waals surface area (Å²) in [5.41, 5.74) is 0.868. The summed E-state index contributed by atoms with van der Waals surface area (Å²) >= 11 is 3.34. The summed E-state index contributed by atoms with van der Waals surface area (Å²) in [4.78, 5) is 0.267. The topological polar surface area (TPSA) is 61.2 Å². The molecular formula is C12H15BrN2O2S. The van der Waals surface area contributed by atoms with Crippen molar-refractivity contribution in [2.75, 3.05) is 13.1 Å². The van der Waals surface area contributed by atoms with Gasteiger partial charge in [-0.2, -0.15) is 9.57 Å². The molecule has 0 bridgehead atoms. The molecule has 4 nitrogen and oxygen atoms in total. The van der Waals surface area contributed by atoms with Crippen molar-refractivity contribution in [2.45, 2.75) is 25.2 Å². The third-order valence-corrected chi connectivity index (χ3v) is 5.45. The molecule has 1 aromatic rings. The summed E-state index contributed by atoms with van der Waals surface area (Å²) in [5, 5.41) is 8.55. The Bertz CT molecular complexity index is 564. The van der Waals surface area contributed by atoms with Gasteiger partial charge in [-0.05, 0) is 30.7 Å². The van der Waals surface area contributed by atoms with Gasteiger partial charge in [0.15, 0.2) is 0 Å². The number of rotatable bonds is 5. The van der Waals surface area contributed by atoms with E-state index in [1.165, 1.54) is 4.31 Å². The van der Waals surface area contributed by atoms with Gasteiger partial charge in [0.25, 0.3) is 0 Å². The molecule has 0 N–H and O–H groups in total. The van der Waals surface area contributed by atoms with Crippen LogP contribution in [-0.2, 0) is 10.0 Å². The van der Waals surface area contributed by atoms with Crippen molar-refractivity contribution in [1.29, 1.82) is 5.26 Å². The molecule has 1 aromatic carbocycles. The number of aryl methyl sites for hydroxylation is 1. The monoisotopic (exact) mass is 330 g/mol. The third kappa shape index (κ3) is 3.31. The number of halogens is 1. The fourth-order valence-electron chi connectivity index (χ4n) is 1.55. The van der Waals surface area contributed by atoms with Crippen molar-refractivity contribution in [3.63, 3.8) is 0 Å². The van der Waals surface area contributed by atoms with Crippen LogP contribution in [-0.4, -0.2) is 25.8 Å². The molecule has 0 unspecified atom stereocenters. The van der Waals surface area contributed by atoms with Crippen LogP contribution >= 0.6 is 15.9 Å². The number of nitriles is 1. The second-order valence-electron chi connectivity index (χ2n) is 3.82. The van der Waals surface area contributed by atoms with E-state index in [4.69, 9.17) is 5.26 Å². The highest BCUT2D eigenvalue weighted by atomic mass is 79.9. The minimum Gasteiger partial charge on any atom is -0.207 e. The number of hydrogen-bond donors (Lipinski definition) is 0. The Kier molecular flexibility index (Phi) is 5.32. The standard InChI is InChI=1S/C12H15BrN2O2S/c1-3-15(8-4-7-14)18(16,17)11-5-6-12(13)10(2)9-11/h5-6,9H,3-4,8H2,1-2H3. The van der Waals surface area contributed by atoms with Gasteiger partial charge >= 0.3 is 0 Å². The van der Waals surface area contributed by atoms with Crippen molar-refractivity contribution in [3.05, 3.63) is 28.2 Å². The summed E-state index contributed by atoms with van der Waals surface area (Å²) in [6.45, 7) is 4.19. The smallest absolute Gasteiger partial charge is 0.207 e. The van der Waals surface area contributed by atoms with Crippen LogP contribution in [0.2, 0.25) is 0 Å². The molecule has 0 radical (unpaired) electrons. The van der Waals surface area contributed by atoms with Crippen LogP contribution in [0.4, 0.5) is 0 Å². The lowest BCUT2D eigenvalue weighted by atomic mass is 10.2. The van der Waals surface area contributed by atoms with E-state index < -0.39 is 10.0 Å². The molecular weight excluding hydrogens is 316 g/mol. The van der Waals surface area contributed by atoms with Gasteiger partial charge in [-0.15, -0.1) is 0 Å². The Balaban J connectivity index is 3.11. The first-order valence-corrected chi connectivity index (χ1v) is 7.80. The number of nitrogens with zero attached hydrogens (tertiary/aromatic N) is 2. The predicted octanol–water partition coefficient (Wildman–Crippen LogP) is 2.68. The molecule has 6 heteroatoms. The maximum Gasteiger partial charge on any atom is 0.243 e. The molecule has 0 saturated carbocycles. The Morgan fingerprint density at radius 3 is 2.61 bits per heavy atom. The second kappa shape index (κ2) is 6.32. The Morgan fingerprint density at radius 2 is 2.11 bits per heavy atom. The molecule has 1 rings (SSSR count). The van der Waals surface area contributed by atoms with Crippen LogP contribution in [0.3, 0.4) is 0 Å². The highest BCUT2D eigenvalue weighted by molar-refractivity contribution is 9.10. The van der Waals surface area contributed by atoms with Crippen LogP contribution in [0, 0.1) is 18.3 Å². The van der Waals surface area contributed by atoms with E-state index in [-0.39, 0.29) is 17.9 Å². The summed E-state index contributed by atoms with van der Waals surface area (Å²) in [6, 6.07) is 6.89. The average molecular weight is 331 g/mol. The van der Waals surface area contributed by atoms with E-state index in [9.17, 15) is 8.42 Å². The summed E-state index contributed by atoms with van der Waals surface area (Å²) in [6.07, 6.45) is 0.197. The van der Waals surface area contributed by atoms with E-state index >= 15 is 0 Å². The van der Waals surface area contributed by atoms with Crippen LogP contribution in [0.5, 0.6) is 0 Å². The first-order chi connectivity index (χ1) is 8.43. The largest absolute Gasteiger partial charge is 0.243 e. The SMILES string of the molecule is CCN(CCC#N)S(=O)(=O)c1ccc(Br)c(C)c1. The first-order valence-electron chi connectivity index (χ1n) is 5.56. The van der Waals surface area contributed by atoms with Gasteiger partial charge in [0, 0.05) is 24.0 Å². The summed E-state index contributed by atoms with van der Waals surface area (Å²) < 4.78 is 26.9. The molecule has 0 atom stereocenters. The molecule has 0 aromatic heterocycles. The Hall–Kier alpha value is -0.900. The number of hydrogen-bond acceptors (Lipinski definition) is 3. The van der Waals surface area contributed by atoms with Gasteiger partial charge < -0.3 is 0 Å². The quantitative estimate of drug-likeness (QED) is 0.833. The average Bonchev–Trinajstić information content (AvgIpc) is 2.33. The highest BCUT2D eigenvalue weighted by Crippen LogP contribution is 2.22. The lowest BCUT2D eigenvalue weighted by Crippen LogP contribution is -2.31. The summed E-state index contributed by atoms with van der Waals surface area (Å²) in [5.74, 6) is 0. The van der Waals surface area contributed by atoms with E-state index in [2.05, 4.69) is 15.9 Å². The van der Waals surface area contributed by atoms with Crippen molar-refractivity contribution < 1.29 is 8.42 Å². The first kappa shape index (κ1) is 15.2. The van der Waals surface area contributed by atoms with Crippen LogP contribution in [0.25, 0.3) is 0 Å². The fourth-order valence-corrected chi connectivity index (χ4v) is 3.33. The lowest BCUT2D eigenvalue weighted by Gasteiger charge is -2.19. The lowest BCUT2D eigenvalue weighted by molar-refractivity contribution is 0.435. The predicted molar refractivity (Wildman–Crippen MR) is 73.5 cm³/mol. The van der Waals surface area contributed by atoms with Gasteiger partial charge in [0.05, 0.1) is 11.0 Å². The van der Waals surface area contributed by atoms with Crippen LogP contribution in [0.1, 0.15) is 18.9 Å². The molecule has 0 heterocycles. The molecule has 0 amide bonds. The third-order valence-electron chi connectivity index (χ3n) is 2.59. The normalized spacial score (nSPS) is 11.5. The van der Waals surface area contributed by atoms with E-state index in [1.807, 2.05) is 13.0 Å². The number of benzene rings is 1. The second-order valence-corrected chi connectivity index (χ2v) is 6.61. The van der Waals surface area contributed by atoms with Crippen molar-refractivity contribution >= 4 is 26.0 Å². The van der Waals surface area contributed by atoms with E-state index in [0.29, 0.717) is 6.54 Å². The fraction of sp³-hybridized carbons (Fsp3) is 0.417. The van der Waals surface area contributed by atoms with E-state index in [1.54, 1.807) is 25.1 Å². The zero-order chi connectivity index (χ0) is 13.8. The molecule has 98 valence electrons.